The number of amides is 1. The fourth-order valence-corrected chi connectivity index (χ4v) is 5.15. The first-order chi connectivity index (χ1) is 16.1. The minimum absolute atomic E-state index is 0.115. The van der Waals surface area contributed by atoms with Gasteiger partial charge in [0.15, 0.2) is 17.2 Å². The second-order valence-corrected chi connectivity index (χ2v) is 8.60. The van der Waals surface area contributed by atoms with E-state index in [1.807, 2.05) is 47.1 Å². The Bertz CT molecular complexity index is 1170. The zero-order valence-corrected chi connectivity index (χ0v) is 19.4. The number of rotatable bonds is 7. The largest absolute Gasteiger partial charge is 0.493 e. The molecule has 0 spiro atoms. The molecule has 172 valence electrons. The van der Waals surface area contributed by atoms with Crippen LogP contribution < -0.4 is 14.8 Å². The molecule has 33 heavy (non-hydrogen) atoms. The highest BCUT2D eigenvalue weighted by molar-refractivity contribution is 5.97. The summed E-state index contributed by atoms with van der Waals surface area (Å²) < 4.78 is 13.0. The van der Waals surface area contributed by atoms with Gasteiger partial charge in [-0.05, 0) is 55.8 Å². The van der Waals surface area contributed by atoms with Crippen molar-refractivity contribution < 1.29 is 14.3 Å². The first kappa shape index (κ1) is 21.5. The Balaban J connectivity index is 1.53. The van der Waals surface area contributed by atoms with E-state index in [4.69, 9.17) is 14.6 Å². The predicted octanol–water partition coefficient (Wildman–Crippen LogP) is 3.67. The van der Waals surface area contributed by atoms with E-state index in [1.165, 1.54) is 6.42 Å². The van der Waals surface area contributed by atoms with Crippen molar-refractivity contribution in [3.05, 3.63) is 59.3 Å². The van der Waals surface area contributed by atoms with E-state index in [0.717, 1.165) is 47.6 Å². The van der Waals surface area contributed by atoms with Crippen molar-refractivity contribution in [2.24, 2.45) is 0 Å². The van der Waals surface area contributed by atoms with Gasteiger partial charge in [-0.1, -0.05) is 25.1 Å². The molecule has 1 fully saturated rings. The summed E-state index contributed by atoms with van der Waals surface area (Å²) in [6.45, 7) is 4.94. The van der Waals surface area contributed by atoms with E-state index in [2.05, 4.69) is 17.1 Å². The van der Waals surface area contributed by atoms with Crippen LogP contribution in [0.5, 0.6) is 11.5 Å². The quantitative estimate of drug-likeness (QED) is 0.469. The first-order valence-corrected chi connectivity index (χ1v) is 11.6. The van der Waals surface area contributed by atoms with E-state index in [0.29, 0.717) is 36.2 Å². The second kappa shape index (κ2) is 8.90. The third-order valence-corrected chi connectivity index (χ3v) is 6.83. The zero-order valence-electron chi connectivity index (χ0n) is 19.4. The highest BCUT2D eigenvalue weighted by Gasteiger charge is 2.33. The van der Waals surface area contributed by atoms with Crippen LogP contribution in [-0.2, 0) is 6.42 Å². The van der Waals surface area contributed by atoms with Gasteiger partial charge in [0.2, 0.25) is 0 Å². The molecular weight excluding hydrogens is 416 g/mol. The third kappa shape index (κ3) is 3.76. The number of ether oxygens (including phenoxy) is 2. The van der Waals surface area contributed by atoms with E-state index in [1.54, 1.807) is 14.2 Å². The molecule has 1 atom stereocenters. The molecule has 1 amide bonds. The maximum Gasteiger partial charge on any atom is 0.272 e. The van der Waals surface area contributed by atoms with E-state index < -0.39 is 0 Å². The lowest BCUT2D eigenvalue weighted by Crippen LogP contribution is -2.40. The van der Waals surface area contributed by atoms with Crippen LogP contribution >= 0.6 is 0 Å². The fraction of sp³-hybridized carbons (Fsp3) is 0.385. The molecule has 1 saturated heterocycles. The molecular formula is C26H30N4O3. The van der Waals surface area contributed by atoms with Crippen molar-refractivity contribution in [1.82, 2.24) is 20.0 Å². The molecule has 1 aliphatic carbocycles. The average Bonchev–Trinajstić information content (AvgIpc) is 3.55. The number of aromatic nitrogens is 2. The summed E-state index contributed by atoms with van der Waals surface area (Å²) in [6, 6.07) is 14.3. The molecule has 3 aromatic rings. The lowest BCUT2D eigenvalue weighted by molar-refractivity contribution is 0.0935. The van der Waals surface area contributed by atoms with E-state index in [-0.39, 0.29) is 5.91 Å². The van der Waals surface area contributed by atoms with E-state index in [9.17, 15) is 4.79 Å². The van der Waals surface area contributed by atoms with Gasteiger partial charge < -0.3 is 14.8 Å². The number of carbonyl (C=O) groups excluding carboxylic acids is 1. The number of nitrogens with one attached hydrogen (secondary N) is 1. The molecule has 2 heterocycles. The van der Waals surface area contributed by atoms with Gasteiger partial charge in [0, 0.05) is 30.1 Å². The number of methoxy groups -OCH3 is 2. The molecule has 0 saturated carbocycles. The highest BCUT2D eigenvalue weighted by atomic mass is 16.5. The number of hydrogen-bond donors (Lipinski definition) is 1. The number of nitrogens with zero attached hydrogens (tertiary/aromatic N) is 3. The van der Waals surface area contributed by atoms with Gasteiger partial charge in [0.25, 0.3) is 5.91 Å². The molecule has 0 bridgehead atoms. The topological polar surface area (TPSA) is 68.6 Å². The van der Waals surface area contributed by atoms with Crippen molar-refractivity contribution in [3.63, 3.8) is 0 Å². The van der Waals surface area contributed by atoms with Crippen molar-refractivity contribution >= 4 is 5.91 Å². The SMILES string of the molecule is CCN1CCCC1CNC(=O)c1nn(-c2ccccc2)c2c1Cc1cc(OC)c(OC)cc1-2. The molecule has 7 heteroatoms. The van der Waals surface area contributed by atoms with Crippen LogP contribution in [0.2, 0.25) is 0 Å². The number of para-hydroxylation sites is 1. The van der Waals surface area contributed by atoms with Crippen molar-refractivity contribution in [2.75, 3.05) is 33.9 Å². The summed E-state index contributed by atoms with van der Waals surface area (Å²) in [7, 11) is 3.27. The minimum Gasteiger partial charge on any atom is -0.493 e. The van der Waals surface area contributed by atoms with Crippen molar-refractivity contribution in [3.8, 4) is 28.4 Å². The highest BCUT2D eigenvalue weighted by Crippen LogP contribution is 2.44. The third-order valence-electron chi connectivity index (χ3n) is 6.83. The number of fused-ring (bicyclic) bond motifs is 3. The van der Waals surface area contributed by atoms with Gasteiger partial charge in [-0.15, -0.1) is 0 Å². The molecule has 7 nitrogen and oxygen atoms in total. The predicted molar refractivity (Wildman–Crippen MR) is 128 cm³/mol. The molecule has 1 unspecified atom stereocenters. The van der Waals surface area contributed by atoms with Crippen molar-refractivity contribution in [1.29, 1.82) is 0 Å². The van der Waals surface area contributed by atoms with Crippen LogP contribution in [0.1, 0.15) is 41.4 Å². The smallest absolute Gasteiger partial charge is 0.272 e. The summed E-state index contributed by atoms with van der Waals surface area (Å²) >= 11 is 0. The number of benzene rings is 2. The standard InChI is InChI=1S/C26H30N4O3/c1-4-29-12-8-11-19(29)16-27-26(31)24-21-13-17-14-22(32-2)23(33-3)15-20(17)25(21)30(28-24)18-9-6-5-7-10-18/h5-7,9-10,14-15,19H,4,8,11-13,16H2,1-3H3,(H,27,31). The van der Waals surface area contributed by atoms with Crippen LogP contribution in [0.15, 0.2) is 42.5 Å². The Labute approximate surface area is 194 Å². The number of carbonyl (C=O) groups is 1. The maximum atomic E-state index is 13.3. The molecule has 1 N–H and O–H groups in total. The van der Waals surface area contributed by atoms with Crippen LogP contribution in [0, 0.1) is 0 Å². The van der Waals surface area contributed by atoms with Gasteiger partial charge in [0.05, 0.1) is 25.6 Å². The Hall–Kier alpha value is -3.32. The lowest BCUT2D eigenvalue weighted by atomic mass is 10.1. The summed E-state index contributed by atoms with van der Waals surface area (Å²) in [5, 5.41) is 7.97. The average molecular weight is 447 g/mol. The van der Waals surface area contributed by atoms with Gasteiger partial charge in [-0.25, -0.2) is 4.68 Å². The number of hydrogen-bond acceptors (Lipinski definition) is 5. The Morgan fingerprint density at radius 3 is 2.64 bits per heavy atom. The van der Waals surface area contributed by atoms with Gasteiger partial charge >= 0.3 is 0 Å². The monoisotopic (exact) mass is 446 g/mol. The Morgan fingerprint density at radius 1 is 1.15 bits per heavy atom. The molecule has 1 aliphatic heterocycles. The summed E-state index contributed by atoms with van der Waals surface area (Å²) in [5.41, 5.74) is 5.42. The van der Waals surface area contributed by atoms with Gasteiger partial charge in [-0.3, -0.25) is 9.69 Å². The summed E-state index contributed by atoms with van der Waals surface area (Å²) in [6.07, 6.45) is 2.94. The zero-order chi connectivity index (χ0) is 22.9. The maximum absolute atomic E-state index is 13.3. The minimum atomic E-state index is -0.115. The fourth-order valence-electron chi connectivity index (χ4n) is 5.15. The van der Waals surface area contributed by atoms with Crippen LogP contribution in [0.3, 0.4) is 0 Å². The molecule has 2 aliphatic rings. The normalized spacial score (nSPS) is 17.0. The summed E-state index contributed by atoms with van der Waals surface area (Å²) in [4.78, 5) is 15.8. The van der Waals surface area contributed by atoms with Crippen LogP contribution in [0.25, 0.3) is 16.9 Å². The number of likely N-dealkylation sites (N-methyl/N-ethyl adjacent to an activating group) is 1. The second-order valence-electron chi connectivity index (χ2n) is 8.60. The molecule has 5 rings (SSSR count). The molecule has 0 radical (unpaired) electrons. The summed E-state index contributed by atoms with van der Waals surface area (Å²) in [5.74, 6) is 1.24. The van der Waals surface area contributed by atoms with Crippen LogP contribution in [-0.4, -0.2) is 60.5 Å². The lowest BCUT2D eigenvalue weighted by Gasteiger charge is -2.22. The first-order valence-electron chi connectivity index (χ1n) is 11.6. The molecule has 2 aromatic carbocycles. The van der Waals surface area contributed by atoms with Crippen molar-refractivity contribution in [2.45, 2.75) is 32.2 Å². The van der Waals surface area contributed by atoms with E-state index >= 15 is 0 Å². The Kier molecular flexibility index (Phi) is 5.81. The van der Waals surface area contributed by atoms with Crippen LogP contribution in [0.4, 0.5) is 0 Å². The number of likely N-dealkylation sites (tertiary alicyclic amines) is 1. The van der Waals surface area contributed by atoms with Gasteiger partial charge in [0.1, 0.15) is 0 Å². The van der Waals surface area contributed by atoms with Gasteiger partial charge in [-0.2, -0.15) is 5.10 Å². The Morgan fingerprint density at radius 2 is 1.91 bits per heavy atom. The molecule has 1 aromatic heterocycles.